The molecular formula is C11H12BrN3OS. The molecule has 2 rings (SSSR count). The molecule has 0 fully saturated rings. The van der Waals surface area contributed by atoms with Crippen LogP contribution in [0.15, 0.2) is 21.4 Å². The number of aromatic nitrogens is 2. The highest BCUT2D eigenvalue weighted by Gasteiger charge is 2.16. The van der Waals surface area contributed by atoms with Crippen LogP contribution in [0, 0.1) is 6.92 Å². The SMILES string of the molecule is Cc1[nH]ncc1C(=O)N(C)Cc1csc(Br)c1. The Morgan fingerprint density at radius 2 is 2.41 bits per heavy atom. The molecule has 2 aromatic rings. The van der Waals surface area contributed by atoms with Crippen molar-refractivity contribution in [2.75, 3.05) is 7.05 Å². The number of aromatic amines is 1. The lowest BCUT2D eigenvalue weighted by atomic mass is 10.2. The second-order valence-corrected chi connectivity index (χ2v) is 6.12. The molecule has 0 radical (unpaired) electrons. The summed E-state index contributed by atoms with van der Waals surface area (Å²) >= 11 is 5.03. The number of halogens is 1. The molecule has 1 amide bonds. The van der Waals surface area contributed by atoms with E-state index in [2.05, 4.69) is 26.1 Å². The largest absolute Gasteiger partial charge is 0.337 e. The molecular weight excluding hydrogens is 302 g/mol. The van der Waals surface area contributed by atoms with Crippen molar-refractivity contribution in [3.63, 3.8) is 0 Å². The molecule has 2 heterocycles. The number of nitrogens with zero attached hydrogens (tertiary/aromatic N) is 2. The van der Waals surface area contributed by atoms with Gasteiger partial charge in [0.15, 0.2) is 0 Å². The zero-order chi connectivity index (χ0) is 12.4. The summed E-state index contributed by atoms with van der Waals surface area (Å²) in [5.41, 5.74) is 2.55. The molecule has 0 atom stereocenters. The first-order valence-electron chi connectivity index (χ1n) is 5.06. The highest BCUT2D eigenvalue weighted by molar-refractivity contribution is 9.11. The quantitative estimate of drug-likeness (QED) is 0.947. The molecule has 0 aliphatic heterocycles. The molecule has 4 nitrogen and oxygen atoms in total. The molecule has 2 aromatic heterocycles. The number of rotatable bonds is 3. The third-order valence-electron chi connectivity index (χ3n) is 2.45. The number of carbonyl (C=O) groups excluding carboxylic acids is 1. The van der Waals surface area contributed by atoms with E-state index in [0.29, 0.717) is 12.1 Å². The van der Waals surface area contributed by atoms with Crippen molar-refractivity contribution in [2.24, 2.45) is 0 Å². The Bertz CT molecular complexity index is 534. The number of carbonyl (C=O) groups is 1. The van der Waals surface area contributed by atoms with Crippen LogP contribution in [0.5, 0.6) is 0 Å². The standard InChI is InChI=1S/C11H12BrN3OS/c1-7-9(4-13-14-7)11(16)15(2)5-8-3-10(12)17-6-8/h3-4,6H,5H2,1-2H3,(H,13,14). The van der Waals surface area contributed by atoms with Gasteiger partial charge in [-0.3, -0.25) is 9.89 Å². The van der Waals surface area contributed by atoms with Gasteiger partial charge in [0.1, 0.15) is 0 Å². The predicted octanol–water partition coefficient (Wildman–Crippen LogP) is 2.81. The summed E-state index contributed by atoms with van der Waals surface area (Å²) < 4.78 is 1.08. The highest BCUT2D eigenvalue weighted by Crippen LogP contribution is 2.22. The van der Waals surface area contributed by atoms with E-state index in [1.165, 1.54) is 0 Å². The van der Waals surface area contributed by atoms with Gasteiger partial charge in [-0.2, -0.15) is 5.10 Å². The van der Waals surface area contributed by atoms with E-state index in [1.807, 2.05) is 18.4 Å². The van der Waals surface area contributed by atoms with Crippen molar-refractivity contribution in [2.45, 2.75) is 13.5 Å². The molecule has 6 heteroatoms. The van der Waals surface area contributed by atoms with Gasteiger partial charge >= 0.3 is 0 Å². The smallest absolute Gasteiger partial charge is 0.257 e. The molecule has 0 aromatic carbocycles. The fraction of sp³-hybridized carbons (Fsp3) is 0.273. The van der Waals surface area contributed by atoms with Crippen LogP contribution in [0.1, 0.15) is 21.6 Å². The average Bonchev–Trinajstić information content (AvgIpc) is 2.86. The Balaban J connectivity index is 2.08. The molecule has 0 spiro atoms. The number of hydrogen-bond acceptors (Lipinski definition) is 3. The van der Waals surface area contributed by atoms with E-state index >= 15 is 0 Å². The minimum Gasteiger partial charge on any atom is -0.337 e. The Hall–Kier alpha value is -1.14. The van der Waals surface area contributed by atoms with Gasteiger partial charge in [-0.25, -0.2) is 0 Å². The van der Waals surface area contributed by atoms with Gasteiger partial charge in [-0.15, -0.1) is 11.3 Å². The van der Waals surface area contributed by atoms with Crippen LogP contribution in [0.4, 0.5) is 0 Å². The minimum absolute atomic E-state index is 0.0152. The zero-order valence-electron chi connectivity index (χ0n) is 9.53. The van der Waals surface area contributed by atoms with Crippen LogP contribution in [0.25, 0.3) is 0 Å². The van der Waals surface area contributed by atoms with Crippen LogP contribution in [-0.2, 0) is 6.54 Å². The van der Waals surface area contributed by atoms with Crippen molar-refractivity contribution in [1.29, 1.82) is 0 Å². The Morgan fingerprint density at radius 3 is 2.94 bits per heavy atom. The van der Waals surface area contributed by atoms with Gasteiger partial charge in [-0.1, -0.05) is 0 Å². The molecule has 1 N–H and O–H groups in total. The van der Waals surface area contributed by atoms with Gasteiger partial charge in [0.2, 0.25) is 0 Å². The summed E-state index contributed by atoms with van der Waals surface area (Å²) in [6.07, 6.45) is 1.57. The summed E-state index contributed by atoms with van der Waals surface area (Å²) in [5.74, 6) is -0.0152. The average molecular weight is 314 g/mol. The summed E-state index contributed by atoms with van der Waals surface area (Å²) in [5, 5.41) is 8.67. The maximum absolute atomic E-state index is 12.1. The van der Waals surface area contributed by atoms with Crippen molar-refractivity contribution in [3.05, 3.63) is 38.3 Å². The van der Waals surface area contributed by atoms with Crippen LogP contribution in [-0.4, -0.2) is 28.1 Å². The van der Waals surface area contributed by atoms with Crippen LogP contribution < -0.4 is 0 Å². The van der Waals surface area contributed by atoms with Gasteiger partial charge in [0.05, 0.1) is 15.5 Å². The second kappa shape index (κ2) is 5.01. The molecule has 0 saturated carbocycles. The molecule has 0 saturated heterocycles. The molecule has 0 aliphatic rings. The van der Waals surface area contributed by atoms with Gasteiger partial charge in [0.25, 0.3) is 5.91 Å². The third kappa shape index (κ3) is 2.76. The second-order valence-electron chi connectivity index (χ2n) is 3.83. The topological polar surface area (TPSA) is 49.0 Å². The maximum atomic E-state index is 12.1. The minimum atomic E-state index is -0.0152. The number of nitrogens with one attached hydrogen (secondary N) is 1. The number of H-pyrrole nitrogens is 1. The molecule has 0 unspecified atom stereocenters. The van der Waals surface area contributed by atoms with Gasteiger partial charge in [0, 0.05) is 19.3 Å². The summed E-state index contributed by atoms with van der Waals surface area (Å²) in [4.78, 5) is 13.8. The van der Waals surface area contributed by atoms with E-state index in [-0.39, 0.29) is 5.91 Å². The van der Waals surface area contributed by atoms with Crippen molar-refractivity contribution >= 4 is 33.2 Å². The fourth-order valence-corrected chi connectivity index (χ4v) is 2.75. The normalized spacial score (nSPS) is 10.5. The molecule has 17 heavy (non-hydrogen) atoms. The Labute approximate surface area is 112 Å². The first-order valence-corrected chi connectivity index (χ1v) is 6.73. The monoisotopic (exact) mass is 313 g/mol. The molecule has 90 valence electrons. The van der Waals surface area contributed by atoms with E-state index < -0.39 is 0 Å². The fourth-order valence-electron chi connectivity index (χ4n) is 1.55. The van der Waals surface area contributed by atoms with Crippen LogP contribution >= 0.6 is 27.3 Å². The number of amides is 1. The number of thiophene rings is 1. The first kappa shape index (κ1) is 12.3. The van der Waals surface area contributed by atoms with E-state index in [1.54, 1.807) is 29.5 Å². The Morgan fingerprint density at radius 1 is 1.65 bits per heavy atom. The summed E-state index contributed by atoms with van der Waals surface area (Å²) in [7, 11) is 1.79. The van der Waals surface area contributed by atoms with Crippen molar-refractivity contribution < 1.29 is 4.79 Å². The molecule has 0 bridgehead atoms. The van der Waals surface area contributed by atoms with E-state index in [0.717, 1.165) is 15.0 Å². The first-order chi connectivity index (χ1) is 8.08. The predicted molar refractivity (Wildman–Crippen MR) is 71.1 cm³/mol. The van der Waals surface area contributed by atoms with Crippen LogP contribution in [0.3, 0.4) is 0 Å². The number of hydrogen-bond donors (Lipinski definition) is 1. The maximum Gasteiger partial charge on any atom is 0.257 e. The molecule has 0 aliphatic carbocycles. The lowest BCUT2D eigenvalue weighted by Gasteiger charge is -2.15. The highest BCUT2D eigenvalue weighted by atomic mass is 79.9. The van der Waals surface area contributed by atoms with Gasteiger partial charge < -0.3 is 4.90 Å². The van der Waals surface area contributed by atoms with E-state index in [9.17, 15) is 4.79 Å². The third-order valence-corrected chi connectivity index (χ3v) is 4.00. The van der Waals surface area contributed by atoms with Crippen molar-refractivity contribution in [3.8, 4) is 0 Å². The Kier molecular flexibility index (Phi) is 3.63. The zero-order valence-corrected chi connectivity index (χ0v) is 11.9. The lowest BCUT2D eigenvalue weighted by molar-refractivity contribution is 0.0784. The van der Waals surface area contributed by atoms with Gasteiger partial charge in [-0.05, 0) is 39.9 Å². The summed E-state index contributed by atoms with van der Waals surface area (Å²) in [6.45, 7) is 2.45. The van der Waals surface area contributed by atoms with Crippen molar-refractivity contribution in [1.82, 2.24) is 15.1 Å². The van der Waals surface area contributed by atoms with Crippen LogP contribution in [0.2, 0.25) is 0 Å². The number of aryl methyl sites for hydroxylation is 1. The summed E-state index contributed by atoms with van der Waals surface area (Å²) in [6, 6.07) is 2.02. The lowest BCUT2D eigenvalue weighted by Crippen LogP contribution is -2.26. The van der Waals surface area contributed by atoms with E-state index in [4.69, 9.17) is 0 Å².